The van der Waals surface area contributed by atoms with Gasteiger partial charge in [0.1, 0.15) is 13.6 Å². The molecule has 0 bridgehead atoms. The lowest BCUT2D eigenvalue weighted by Gasteiger charge is -2.40. The Kier molecular flexibility index (Phi) is 5.43. The lowest BCUT2D eigenvalue weighted by atomic mass is 9.70. The lowest BCUT2D eigenvalue weighted by molar-refractivity contribution is -0.147. The van der Waals surface area contributed by atoms with E-state index in [4.69, 9.17) is 7.85 Å². The Morgan fingerprint density at radius 1 is 1.21 bits per heavy atom. The maximum atomic E-state index is 14.4. The molecule has 2 aliphatic rings. The highest BCUT2D eigenvalue weighted by Gasteiger charge is 2.48. The van der Waals surface area contributed by atoms with Gasteiger partial charge in [-0.3, -0.25) is 24.5 Å². The van der Waals surface area contributed by atoms with Crippen molar-refractivity contribution in [2.24, 2.45) is 0 Å². The molecule has 2 aromatic carbocycles. The molecule has 1 saturated heterocycles. The third-order valence-electron chi connectivity index (χ3n) is 5.82. The number of fused-ring (bicyclic) bond motifs is 1. The molecule has 11 heteroatoms. The summed E-state index contributed by atoms with van der Waals surface area (Å²) in [5.41, 5.74) is -1.25. The number of benzene rings is 2. The van der Waals surface area contributed by atoms with Crippen LogP contribution in [0.25, 0.3) is 0 Å². The van der Waals surface area contributed by atoms with Gasteiger partial charge in [-0.2, -0.15) is 8.78 Å². The summed E-state index contributed by atoms with van der Waals surface area (Å²) in [5, 5.41) is 13.9. The molecule has 2 radical (unpaired) electrons. The maximum Gasteiger partial charge on any atom is 0.353 e. The van der Waals surface area contributed by atoms with Crippen LogP contribution >= 0.6 is 0 Å². The van der Waals surface area contributed by atoms with E-state index in [2.05, 4.69) is 10.6 Å². The molecule has 0 aromatic heterocycles. The molecule has 3 N–H and O–H groups in total. The number of phenolic OH excluding ortho intramolecular Hbond substituents is 1. The van der Waals surface area contributed by atoms with Crippen molar-refractivity contribution in [2.45, 2.75) is 37.3 Å². The number of nitrogens with one attached hydrogen (secondary N) is 2. The van der Waals surface area contributed by atoms with Gasteiger partial charge in [0.05, 0.1) is 11.0 Å². The van der Waals surface area contributed by atoms with Gasteiger partial charge in [-0.1, -0.05) is 24.3 Å². The number of alkyl halides is 2. The molecule has 0 aliphatic carbocycles. The van der Waals surface area contributed by atoms with E-state index in [0.29, 0.717) is 16.7 Å². The van der Waals surface area contributed by atoms with Crippen molar-refractivity contribution in [3.05, 3.63) is 64.7 Å². The zero-order valence-corrected chi connectivity index (χ0v) is 17.2. The second-order valence-corrected chi connectivity index (χ2v) is 7.96. The SMILES string of the molecule is [B]C1(N2Cc3cc(CNC(=O)C(F)(F)c4ccccc4O)ccc3C2=O)CCC(=O)NC1=O. The third kappa shape index (κ3) is 3.83. The van der Waals surface area contributed by atoms with Crippen molar-refractivity contribution >= 4 is 31.5 Å². The van der Waals surface area contributed by atoms with Gasteiger partial charge in [-0.05, 0) is 35.7 Å². The smallest absolute Gasteiger partial charge is 0.353 e. The van der Waals surface area contributed by atoms with E-state index in [1.165, 1.54) is 29.2 Å². The van der Waals surface area contributed by atoms with Crippen molar-refractivity contribution in [1.82, 2.24) is 15.5 Å². The van der Waals surface area contributed by atoms with Gasteiger partial charge in [0.15, 0.2) is 0 Å². The Morgan fingerprint density at radius 3 is 2.64 bits per heavy atom. The van der Waals surface area contributed by atoms with Crippen molar-refractivity contribution in [3.8, 4) is 5.75 Å². The highest BCUT2D eigenvalue weighted by molar-refractivity contribution is 6.32. The Labute approximate surface area is 188 Å². The minimum absolute atomic E-state index is 0.00910. The number of para-hydroxylation sites is 1. The Morgan fingerprint density at radius 2 is 1.94 bits per heavy atom. The molecular weight excluding hydrogens is 435 g/mol. The number of rotatable bonds is 5. The second kappa shape index (κ2) is 7.98. The molecule has 1 fully saturated rings. The minimum Gasteiger partial charge on any atom is -0.507 e. The molecule has 0 spiro atoms. The van der Waals surface area contributed by atoms with Crippen LogP contribution in [-0.4, -0.2) is 46.9 Å². The second-order valence-electron chi connectivity index (χ2n) is 7.96. The predicted octanol–water partition coefficient (Wildman–Crippen LogP) is 1.06. The summed E-state index contributed by atoms with van der Waals surface area (Å²) in [4.78, 5) is 49.8. The number of carbonyl (C=O) groups is 4. The van der Waals surface area contributed by atoms with Crippen LogP contribution in [0.3, 0.4) is 0 Å². The van der Waals surface area contributed by atoms with Crippen LogP contribution < -0.4 is 10.6 Å². The number of aromatic hydroxyl groups is 1. The molecular formula is C22H18BF2N3O5. The number of amides is 4. The number of nitrogens with zero attached hydrogens (tertiary/aromatic N) is 1. The summed E-state index contributed by atoms with van der Waals surface area (Å²) < 4.78 is 28.9. The van der Waals surface area contributed by atoms with Gasteiger partial charge in [0.2, 0.25) is 11.8 Å². The average molecular weight is 453 g/mol. The van der Waals surface area contributed by atoms with Crippen LogP contribution in [0.4, 0.5) is 8.78 Å². The van der Waals surface area contributed by atoms with Crippen molar-refractivity contribution in [1.29, 1.82) is 0 Å². The number of halogens is 2. The normalized spacial score (nSPS) is 20.4. The van der Waals surface area contributed by atoms with E-state index in [-0.39, 0.29) is 25.9 Å². The molecule has 2 heterocycles. The van der Waals surface area contributed by atoms with Gasteiger partial charge in [0.25, 0.3) is 11.8 Å². The van der Waals surface area contributed by atoms with Crippen molar-refractivity contribution < 1.29 is 33.1 Å². The zero-order valence-electron chi connectivity index (χ0n) is 17.2. The zero-order chi connectivity index (χ0) is 24.0. The fourth-order valence-corrected chi connectivity index (χ4v) is 3.93. The number of carbonyl (C=O) groups excluding carboxylic acids is 4. The van der Waals surface area contributed by atoms with Crippen LogP contribution in [0.1, 0.15) is 39.9 Å². The van der Waals surface area contributed by atoms with E-state index in [0.717, 1.165) is 12.1 Å². The number of imide groups is 1. The summed E-state index contributed by atoms with van der Waals surface area (Å²) >= 11 is 0. The van der Waals surface area contributed by atoms with Crippen molar-refractivity contribution in [2.75, 3.05) is 0 Å². The summed E-state index contributed by atoms with van der Waals surface area (Å²) in [6.45, 7) is -0.269. The first-order chi connectivity index (χ1) is 15.5. The molecule has 1 atom stereocenters. The van der Waals surface area contributed by atoms with E-state index < -0.39 is 46.3 Å². The summed E-state index contributed by atoms with van der Waals surface area (Å²) in [7, 11) is 6.17. The average Bonchev–Trinajstić information content (AvgIpc) is 3.11. The number of hydrogen-bond acceptors (Lipinski definition) is 5. The molecule has 0 saturated carbocycles. The fraction of sp³-hybridized carbons (Fsp3) is 0.273. The molecule has 2 aromatic rings. The molecule has 2 aliphatic heterocycles. The van der Waals surface area contributed by atoms with E-state index in [1.54, 1.807) is 6.07 Å². The molecule has 4 amide bonds. The topological polar surface area (TPSA) is 116 Å². The van der Waals surface area contributed by atoms with Crippen LogP contribution in [0, 0.1) is 0 Å². The van der Waals surface area contributed by atoms with Gasteiger partial charge in [-0.15, -0.1) is 0 Å². The first-order valence-corrected chi connectivity index (χ1v) is 10.1. The monoisotopic (exact) mass is 453 g/mol. The van der Waals surface area contributed by atoms with Crippen LogP contribution in [-0.2, 0) is 33.4 Å². The summed E-state index contributed by atoms with van der Waals surface area (Å²) in [6, 6.07) is 9.19. The van der Waals surface area contributed by atoms with Crippen LogP contribution in [0.15, 0.2) is 42.5 Å². The Bertz CT molecular complexity index is 1190. The van der Waals surface area contributed by atoms with Gasteiger partial charge < -0.3 is 15.3 Å². The molecule has 168 valence electrons. The highest BCUT2D eigenvalue weighted by atomic mass is 19.3. The molecule has 1 unspecified atom stereocenters. The van der Waals surface area contributed by atoms with Crippen molar-refractivity contribution in [3.63, 3.8) is 0 Å². The first-order valence-electron chi connectivity index (χ1n) is 10.1. The maximum absolute atomic E-state index is 14.4. The van der Waals surface area contributed by atoms with Crippen LogP contribution in [0.5, 0.6) is 5.75 Å². The van der Waals surface area contributed by atoms with E-state index in [9.17, 15) is 33.1 Å². The quantitative estimate of drug-likeness (QED) is 0.463. The predicted molar refractivity (Wildman–Crippen MR) is 111 cm³/mol. The highest BCUT2D eigenvalue weighted by Crippen LogP contribution is 2.35. The van der Waals surface area contributed by atoms with Gasteiger partial charge >= 0.3 is 5.92 Å². The minimum atomic E-state index is -3.95. The van der Waals surface area contributed by atoms with Crippen LogP contribution in [0.2, 0.25) is 0 Å². The largest absolute Gasteiger partial charge is 0.507 e. The third-order valence-corrected chi connectivity index (χ3v) is 5.82. The standard InChI is InChI=1S/C22H18BF2N3O5/c23-21(8-7-17(30)27-19(21)32)28-11-13-9-12(5-6-14(13)18(28)31)10-26-20(33)22(24,25)15-3-1-2-4-16(15)29/h1-6,9,29H,7-8,10-11H2,(H,26,33)(H,27,30,32). The van der Waals surface area contributed by atoms with Gasteiger partial charge in [-0.25, -0.2) is 0 Å². The molecule has 33 heavy (non-hydrogen) atoms. The number of phenols is 1. The summed E-state index contributed by atoms with van der Waals surface area (Å²) in [5.74, 6) is -7.96. The lowest BCUT2D eigenvalue weighted by Crippen LogP contribution is -2.63. The molecule has 4 rings (SSSR count). The molecule has 8 nitrogen and oxygen atoms in total. The number of piperidine rings is 1. The van der Waals surface area contributed by atoms with E-state index in [1.807, 2.05) is 0 Å². The first kappa shape index (κ1) is 22.4. The number of hydrogen-bond donors (Lipinski definition) is 3. The summed E-state index contributed by atoms with van der Waals surface area (Å²) in [6.07, 6.45) is -0.0352. The Hall–Kier alpha value is -3.76. The fourth-order valence-electron chi connectivity index (χ4n) is 3.93. The Balaban J connectivity index is 1.47. The van der Waals surface area contributed by atoms with Gasteiger partial charge in [0, 0.05) is 25.1 Å². The van der Waals surface area contributed by atoms with E-state index >= 15 is 0 Å².